The highest BCUT2D eigenvalue weighted by Gasteiger charge is 2.13. The summed E-state index contributed by atoms with van der Waals surface area (Å²) in [7, 11) is 0. The number of hydrogen-bond donors (Lipinski definition) is 1. The molecule has 0 saturated heterocycles. The summed E-state index contributed by atoms with van der Waals surface area (Å²) in [6, 6.07) is 3.41. The van der Waals surface area contributed by atoms with Gasteiger partial charge in [-0.15, -0.1) is 0 Å². The maximum absolute atomic E-state index is 13.5. The van der Waals surface area contributed by atoms with Crippen molar-refractivity contribution in [2.75, 3.05) is 0 Å². The second-order valence-electron chi connectivity index (χ2n) is 4.77. The minimum absolute atomic E-state index is 0.0177. The maximum Gasteiger partial charge on any atom is 0.228 e. The number of halogens is 2. The molecule has 1 aromatic heterocycles. The predicted octanol–water partition coefficient (Wildman–Crippen LogP) is 2.61. The van der Waals surface area contributed by atoms with Crippen molar-refractivity contribution in [3.8, 4) is 0 Å². The van der Waals surface area contributed by atoms with Crippen LogP contribution in [0.15, 0.2) is 22.7 Å². The van der Waals surface area contributed by atoms with Crippen LogP contribution in [0.1, 0.15) is 37.0 Å². The van der Waals surface area contributed by atoms with Gasteiger partial charge in [0.05, 0.1) is 0 Å². The van der Waals surface area contributed by atoms with Crippen LogP contribution in [0.2, 0.25) is 0 Å². The fraction of sp³-hybridized carbons (Fsp3) is 0.429. The first kappa shape index (κ1) is 14.6. The van der Waals surface area contributed by atoms with Crippen LogP contribution >= 0.6 is 0 Å². The second-order valence-corrected chi connectivity index (χ2v) is 4.77. The van der Waals surface area contributed by atoms with E-state index in [4.69, 9.17) is 10.3 Å². The quantitative estimate of drug-likeness (QED) is 0.884. The summed E-state index contributed by atoms with van der Waals surface area (Å²) < 4.78 is 31.4. The number of rotatable bonds is 6. The van der Waals surface area contributed by atoms with Gasteiger partial charge in [0.25, 0.3) is 0 Å². The minimum Gasteiger partial charge on any atom is -0.339 e. The van der Waals surface area contributed by atoms with Gasteiger partial charge in [0.2, 0.25) is 5.89 Å². The normalized spacial score (nSPS) is 12.6. The SMILES string of the molecule is CCCC(N)Cc1nc(Cc2ccc(F)cc2F)no1. The molecule has 20 heavy (non-hydrogen) atoms. The van der Waals surface area contributed by atoms with Gasteiger partial charge < -0.3 is 10.3 Å². The summed E-state index contributed by atoms with van der Waals surface area (Å²) >= 11 is 0. The van der Waals surface area contributed by atoms with E-state index in [0.29, 0.717) is 23.7 Å². The lowest BCUT2D eigenvalue weighted by atomic mass is 10.1. The molecule has 4 nitrogen and oxygen atoms in total. The molecule has 108 valence electrons. The molecule has 0 aliphatic carbocycles. The Kier molecular flexibility index (Phi) is 4.79. The first-order valence-corrected chi connectivity index (χ1v) is 6.59. The highest BCUT2D eigenvalue weighted by atomic mass is 19.1. The van der Waals surface area contributed by atoms with E-state index in [9.17, 15) is 8.78 Å². The molecule has 2 N–H and O–H groups in total. The van der Waals surface area contributed by atoms with E-state index in [2.05, 4.69) is 17.1 Å². The zero-order chi connectivity index (χ0) is 14.5. The van der Waals surface area contributed by atoms with Gasteiger partial charge in [-0.2, -0.15) is 4.98 Å². The summed E-state index contributed by atoms with van der Waals surface area (Å²) in [6.07, 6.45) is 2.54. The molecular weight excluding hydrogens is 264 g/mol. The van der Waals surface area contributed by atoms with Gasteiger partial charge in [0, 0.05) is 24.9 Å². The Bertz CT molecular complexity index is 571. The van der Waals surface area contributed by atoms with Crippen molar-refractivity contribution in [3.05, 3.63) is 47.1 Å². The van der Waals surface area contributed by atoms with E-state index in [1.165, 1.54) is 12.1 Å². The summed E-state index contributed by atoms with van der Waals surface area (Å²) in [5, 5.41) is 3.79. The first-order valence-electron chi connectivity index (χ1n) is 6.59. The van der Waals surface area contributed by atoms with Gasteiger partial charge in [-0.1, -0.05) is 24.6 Å². The van der Waals surface area contributed by atoms with Crippen molar-refractivity contribution < 1.29 is 13.3 Å². The largest absolute Gasteiger partial charge is 0.339 e. The average Bonchev–Trinajstić information content (AvgIpc) is 2.80. The van der Waals surface area contributed by atoms with Crippen molar-refractivity contribution >= 4 is 0 Å². The summed E-state index contributed by atoms with van der Waals surface area (Å²) in [6.45, 7) is 2.05. The van der Waals surface area contributed by atoms with Crippen molar-refractivity contribution in [3.63, 3.8) is 0 Å². The molecule has 0 amide bonds. The fourth-order valence-corrected chi connectivity index (χ4v) is 1.98. The molecule has 1 heterocycles. The molecule has 0 aliphatic heterocycles. The van der Waals surface area contributed by atoms with E-state index in [0.717, 1.165) is 18.9 Å². The molecule has 2 rings (SSSR count). The van der Waals surface area contributed by atoms with Gasteiger partial charge in [-0.3, -0.25) is 0 Å². The van der Waals surface area contributed by atoms with Crippen molar-refractivity contribution in [1.29, 1.82) is 0 Å². The Hall–Kier alpha value is -1.82. The third-order valence-corrected chi connectivity index (χ3v) is 2.97. The Morgan fingerprint density at radius 2 is 2.15 bits per heavy atom. The molecule has 0 spiro atoms. The maximum atomic E-state index is 13.5. The lowest BCUT2D eigenvalue weighted by Gasteiger charge is -2.05. The summed E-state index contributed by atoms with van der Waals surface area (Å²) in [5.74, 6) is -0.401. The molecule has 1 atom stereocenters. The Morgan fingerprint density at radius 3 is 2.85 bits per heavy atom. The lowest BCUT2D eigenvalue weighted by Crippen LogP contribution is -2.22. The molecular formula is C14H17F2N3O. The van der Waals surface area contributed by atoms with Crippen molar-refractivity contribution in [2.45, 2.75) is 38.6 Å². The highest BCUT2D eigenvalue weighted by Crippen LogP contribution is 2.13. The third-order valence-electron chi connectivity index (χ3n) is 2.97. The summed E-state index contributed by atoms with van der Waals surface area (Å²) in [4.78, 5) is 4.17. The second kappa shape index (κ2) is 6.56. The van der Waals surface area contributed by atoms with Crippen molar-refractivity contribution in [2.24, 2.45) is 5.73 Å². The Balaban J connectivity index is 2.02. The minimum atomic E-state index is -0.612. The first-order chi connectivity index (χ1) is 9.58. The Morgan fingerprint density at radius 1 is 1.35 bits per heavy atom. The van der Waals surface area contributed by atoms with Crippen LogP contribution in [-0.4, -0.2) is 16.2 Å². The van der Waals surface area contributed by atoms with E-state index >= 15 is 0 Å². The molecule has 0 fully saturated rings. The van der Waals surface area contributed by atoms with Gasteiger partial charge >= 0.3 is 0 Å². The van der Waals surface area contributed by atoms with E-state index in [-0.39, 0.29) is 12.5 Å². The van der Waals surface area contributed by atoms with Gasteiger partial charge in [-0.05, 0) is 18.1 Å². The van der Waals surface area contributed by atoms with Crippen LogP contribution in [0.5, 0.6) is 0 Å². The molecule has 1 aromatic carbocycles. The van der Waals surface area contributed by atoms with Crippen molar-refractivity contribution in [1.82, 2.24) is 10.1 Å². The van der Waals surface area contributed by atoms with Crippen LogP contribution in [-0.2, 0) is 12.8 Å². The molecule has 6 heteroatoms. The molecule has 0 bridgehead atoms. The summed E-state index contributed by atoms with van der Waals surface area (Å²) in [5.41, 5.74) is 6.22. The smallest absolute Gasteiger partial charge is 0.228 e. The van der Waals surface area contributed by atoms with Crippen LogP contribution in [0.3, 0.4) is 0 Å². The standard InChI is InChI=1S/C14H17F2N3O/c1-2-3-11(17)8-14-18-13(19-20-14)6-9-4-5-10(15)7-12(9)16/h4-5,7,11H,2-3,6,8,17H2,1H3. The average molecular weight is 281 g/mol. The van der Waals surface area contributed by atoms with E-state index < -0.39 is 11.6 Å². The van der Waals surface area contributed by atoms with Crippen LogP contribution < -0.4 is 5.73 Å². The van der Waals surface area contributed by atoms with Crippen LogP contribution in [0.25, 0.3) is 0 Å². The van der Waals surface area contributed by atoms with Crippen LogP contribution in [0, 0.1) is 11.6 Å². The molecule has 1 unspecified atom stereocenters. The predicted molar refractivity (Wildman–Crippen MR) is 70.0 cm³/mol. The van der Waals surface area contributed by atoms with Gasteiger partial charge in [-0.25, -0.2) is 8.78 Å². The number of hydrogen-bond acceptors (Lipinski definition) is 4. The number of benzene rings is 1. The zero-order valence-corrected chi connectivity index (χ0v) is 11.3. The molecule has 0 aliphatic rings. The monoisotopic (exact) mass is 281 g/mol. The van der Waals surface area contributed by atoms with E-state index in [1.54, 1.807) is 0 Å². The van der Waals surface area contributed by atoms with E-state index in [1.807, 2.05) is 0 Å². The number of nitrogens with zero attached hydrogens (tertiary/aromatic N) is 2. The van der Waals surface area contributed by atoms with Gasteiger partial charge in [0.1, 0.15) is 11.6 Å². The van der Waals surface area contributed by atoms with Crippen LogP contribution in [0.4, 0.5) is 8.78 Å². The number of aromatic nitrogens is 2. The van der Waals surface area contributed by atoms with Gasteiger partial charge in [0.15, 0.2) is 5.82 Å². The zero-order valence-electron chi connectivity index (χ0n) is 11.3. The number of nitrogens with two attached hydrogens (primary N) is 1. The Labute approximate surface area is 116 Å². The third kappa shape index (κ3) is 3.84. The highest BCUT2D eigenvalue weighted by molar-refractivity contribution is 5.21. The lowest BCUT2D eigenvalue weighted by molar-refractivity contribution is 0.361. The fourth-order valence-electron chi connectivity index (χ4n) is 1.98. The molecule has 2 aromatic rings. The molecule has 0 radical (unpaired) electrons. The molecule has 0 saturated carbocycles. The topological polar surface area (TPSA) is 64.9 Å².